The molecular formula is C25H18Cl2F3N3O2. The van der Waals surface area contributed by atoms with E-state index in [1.807, 2.05) is 0 Å². The van der Waals surface area contributed by atoms with Crippen LogP contribution in [0.15, 0.2) is 97.1 Å². The fourth-order valence-electron chi connectivity index (χ4n) is 4.12. The molecule has 3 aromatic rings. The minimum Gasteiger partial charge on any atom is -0.460 e. The molecule has 35 heavy (non-hydrogen) atoms. The Kier molecular flexibility index (Phi) is 6.62. The number of carbonyl (C=O) groups excluding carboxylic acids is 1. The summed E-state index contributed by atoms with van der Waals surface area (Å²) in [5.74, 6) is -0.737. The topological polar surface area (TPSA) is 57.0 Å². The molecule has 1 aliphatic rings. The number of alkyl halides is 4. The second kappa shape index (κ2) is 9.36. The Morgan fingerprint density at radius 2 is 1.83 bits per heavy atom. The molecule has 0 N–H and O–H groups in total. The van der Waals surface area contributed by atoms with Gasteiger partial charge in [0.25, 0.3) is 0 Å². The molecule has 2 atom stereocenters. The van der Waals surface area contributed by atoms with Crippen LogP contribution >= 0.6 is 23.2 Å². The van der Waals surface area contributed by atoms with Gasteiger partial charge in [0.2, 0.25) is 0 Å². The predicted octanol–water partition coefficient (Wildman–Crippen LogP) is 6.08. The number of benzene rings is 2. The largest absolute Gasteiger partial charge is 0.460 e. The van der Waals surface area contributed by atoms with Crippen molar-refractivity contribution in [3.05, 3.63) is 114 Å². The van der Waals surface area contributed by atoms with Gasteiger partial charge in [0.15, 0.2) is 10.4 Å². The molecule has 0 fully saturated rings. The van der Waals surface area contributed by atoms with E-state index in [1.54, 1.807) is 30.3 Å². The van der Waals surface area contributed by atoms with Crippen LogP contribution in [0.1, 0.15) is 16.7 Å². The number of allylic oxidation sites excluding steroid dienone is 3. The van der Waals surface area contributed by atoms with Gasteiger partial charge in [0.1, 0.15) is 19.3 Å². The van der Waals surface area contributed by atoms with Crippen LogP contribution in [0.2, 0.25) is 0 Å². The molecule has 1 aliphatic carbocycles. The van der Waals surface area contributed by atoms with Crippen molar-refractivity contribution in [2.24, 2.45) is 0 Å². The molecule has 0 spiro atoms. The summed E-state index contributed by atoms with van der Waals surface area (Å²) in [5.41, 5.74) is -1.71. The summed E-state index contributed by atoms with van der Waals surface area (Å²) >= 11 is 14.0. The van der Waals surface area contributed by atoms with Gasteiger partial charge < -0.3 is 4.74 Å². The van der Waals surface area contributed by atoms with Crippen molar-refractivity contribution in [1.82, 2.24) is 14.8 Å². The highest BCUT2D eigenvalue weighted by Gasteiger charge is 2.62. The van der Waals surface area contributed by atoms with E-state index in [4.69, 9.17) is 27.9 Å². The maximum absolute atomic E-state index is 13.8. The second-order valence-corrected chi connectivity index (χ2v) is 8.61. The highest BCUT2D eigenvalue weighted by Crippen LogP contribution is 2.57. The lowest BCUT2D eigenvalue weighted by atomic mass is 9.67. The number of ether oxygens (including phenoxy) is 1. The summed E-state index contributed by atoms with van der Waals surface area (Å²) in [6, 6.07) is 12.9. The summed E-state index contributed by atoms with van der Waals surface area (Å²) in [4.78, 5) is 15.9. The first-order valence-corrected chi connectivity index (χ1v) is 11.1. The van der Waals surface area contributed by atoms with Crippen molar-refractivity contribution in [3.8, 4) is 0 Å². The van der Waals surface area contributed by atoms with Crippen molar-refractivity contribution < 1.29 is 22.7 Å². The number of aromatic nitrogens is 3. The summed E-state index contributed by atoms with van der Waals surface area (Å²) in [6.45, 7) is 3.49. The molecule has 0 bridgehead atoms. The smallest absolute Gasteiger partial charge is 0.416 e. The van der Waals surface area contributed by atoms with E-state index in [2.05, 4.69) is 16.7 Å². The first-order chi connectivity index (χ1) is 16.7. The third kappa shape index (κ3) is 4.06. The number of halogens is 5. The van der Waals surface area contributed by atoms with Gasteiger partial charge in [0, 0.05) is 10.6 Å². The number of rotatable bonds is 6. The van der Waals surface area contributed by atoms with E-state index in [9.17, 15) is 18.0 Å². The molecule has 1 heterocycles. The molecule has 2 unspecified atom stereocenters. The van der Waals surface area contributed by atoms with Gasteiger partial charge in [-0.15, -0.1) is 0 Å². The first-order valence-electron chi connectivity index (χ1n) is 10.3. The number of hydrogen-bond donors (Lipinski definition) is 0. The standard InChI is InChI=1S/C25H18Cl2F3N3O2/c1-2-14-35-22(34)23(18-6-4-3-5-7-18)13-12-20(26)21(24(23,27)33-16-31-15-32-33)17-8-10-19(11-9-17)25(28,29)30/h2-13,15-16H,1,14H2. The lowest BCUT2D eigenvalue weighted by molar-refractivity contribution is -0.149. The number of hydrogen-bond acceptors (Lipinski definition) is 4. The van der Waals surface area contributed by atoms with E-state index < -0.39 is 28.1 Å². The number of nitrogens with zero attached hydrogens (tertiary/aromatic N) is 3. The van der Waals surface area contributed by atoms with Gasteiger partial charge in [-0.2, -0.15) is 18.3 Å². The minimum absolute atomic E-state index is 0.0986. The molecule has 0 saturated heterocycles. The van der Waals surface area contributed by atoms with Crippen LogP contribution in [0.3, 0.4) is 0 Å². The van der Waals surface area contributed by atoms with Crippen LogP contribution in [0.5, 0.6) is 0 Å². The van der Waals surface area contributed by atoms with Crippen LogP contribution in [-0.4, -0.2) is 27.3 Å². The minimum atomic E-state index is -4.53. The fraction of sp³-hybridized carbons (Fsp3) is 0.160. The highest BCUT2D eigenvalue weighted by molar-refractivity contribution is 6.40. The van der Waals surface area contributed by atoms with E-state index in [-0.39, 0.29) is 22.8 Å². The van der Waals surface area contributed by atoms with Crippen molar-refractivity contribution in [1.29, 1.82) is 0 Å². The maximum atomic E-state index is 13.8. The van der Waals surface area contributed by atoms with Crippen LogP contribution in [0, 0.1) is 0 Å². The Morgan fingerprint density at radius 1 is 1.14 bits per heavy atom. The number of esters is 1. The van der Waals surface area contributed by atoms with Crippen LogP contribution in [0.4, 0.5) is 13.2 Å². The fourth-order valence-corrected chi connectivity index (χ4v) is 5.03. The Bertz CT molecular complexity index is 1290. The van der Waals surface area contributed by atoms with Crippen molar-refractivity contribution in [3.63, 3.8) is 0 Å². The summed E-state index contributed by atoms with van der Waals surface area (Å²) < 4.78 is 46.4. The quantitative estimate of drug-likeness (QED) is 0.225. The predicted molar refractivity (Wildman–Crippen MR) is 126 cm³/mol. The van der Waals surface area contributed by atoms with Gasteiger partial charge in [-0.3, -0.25) is 4.79 Å². The molecule has 2 aromatic carbocycles. The maximum Gasteiger partial charge on any atom is 0.416 e. The van der Waals surface area contributed by atoms with Gasteiger partial charge in [-0.1, -0.05) is 84.4 Å². The Labute approximate surface area is 209 Å². The Morgan fingerprint density at radius 3 is 2.40 bits per heavy atom. The summed E-state index contributed by atoms with van der Waals surface area (Å²) in [5, 5.41) is 4.31. The van der Waals surface area contributed by atoms with Gasteiger partial charge in [-0.25, -0.2) is 9.67 Å². The average molecular weight is 520 g/mol. The van der Waals surface area contributed by atoms with E-state index >= 15 is 0 Å². The number of carbonyl (C=O) groups is 1. The van der Waals surface area contributed by atoms with E-state index in [0.717, 1.165) is 12.1 Å². The third-order valence-electron chi connectivity index (χ3n) is 5.69. The molecular weight excluding hydrogens is 502 g/mol. The van der Waals surface area contributed by atoms with Gasteiger partial charge in [-0.05, 0) is 29.3 Å². The average Bonchev–Trinajstić information content (AvgIpc) is 3.39. The van der Waals surface area contributed by atoms with Crippen molar-refractivity contribution in [2.75, 3.05) is 6.61 Å². The zero-order chi connectivity index (χ0) is 25.3. The normalized spacial score (nSPS) is 22.2. The summed E-state index contributed by atoms with van der Waals surface area (Å²) in [6.07, 6.45) is 2.40. The molecule has 0 aliphatic heterocycles. The third-order valence-corrected chi connectivity index (χ3v) is 6.67. The van der Waals surface area contributed by atoms with Gasteiger partial charge in [0.05, 0.1) is 5.56 Å². The van der Waals surface area contributed by atoms with Crippen LogP contribution < -0.4 is 0 Å². The molecule has 180 valence electrons. The molecule has 10 heteroatoms. The Balaban J connectivity index is 2.03. The molecule has 0 amide bonds. The molecule has 1 aromatic heterocycles. The SMILES string of the molecule is C=CCOC(=O)C1(c2ccccc2)C=CC(Cl)=C(c2ccc(C(F)(F)F)cc2)C1(Cl)n1cncn1. The zero-order valence-corrected chi connectivity index (χ0v) is 19.6. The second-order valence-electron chi connectivity index (χ2n) is 7.65. The van der Waals surface area contributed by atoms with Crippen molar-refractivity contribution >= 4 is 34.7 Å². The van der Waals surface area contributed by atoms with E-state index in [1.165, 1.54) is 47.7 Å². The monoisotopic (exact) mass is 519 g/mol. The first kappa shape index (κ1) is 24.8. The van der Waals surface area contributed by atoms with Crippen LogP contribution in [0.25, 0.3) is 5.57 Å². The molecule has 4 rings (SSSR count). The zero-order valence-electron chi connectivity index (χ0n) is 18.0. The molecule has 0 saturated carbocycles. The summed E-state index contributed by atoms with van der Waals surface area (Å²) in [7, 11) is 0. The molecule has 0 radical (unpaired) electrons. The Hall–Kier alpha value is -3.36. The van der Waals surface area contributed by atoms with E-state index in [0.29, 0.717) is 5.56 Å². The highest BCUT2D eigenvalue weighted by atomic mass is 35.5. The lowest BCUT2D eigenvalue weighted by Crippen LogP contribution is -2.56. The van der Waals surface area contributed by atoms with Crippen LogP contribution in [-0.2, 0) is 26.1 Å². The van der Waals surface area contributed by atoms with Crippen molar-refractivity contribution in [2.45, 2.75) is 16.6 Å². The lowest BCUT2D eigenvalue weighted by Gasteiger charge is -2.46. The molecule has 5 nitrogen and oxygen atoms in total. The van der Waals surface area contributed by atoms with Gasteiger partial charge >= 0.3 is 12.1 Å².